The smallest absolute Gasteiger partial charge is 0.187 e. The first-order valence-electron chi connectivity index (χ1n) is 12.1. The molecule has 0 radical (unpaired) electrons. The summed E-state index contributed by atoms with van der Waals surface area (Å²) >= 11 is 0. The molecule has 11 nitrogen and oxygen atoms in total. The van der Waals surface area contributed by atoms with Crippen LogP contribution in [-0.4, -0.2) is 61.8 Å². The Hall–Kier alpha value is -4.71. The molecule has 0 aliphatic carbocycles. The van der Waals surface area contributed by atoms with Gasteiger partial charge in [0.05, 0.1) is 59.7 Å². The zero-order chi connectivity index (χ0) is 30.0. The normalized spacial score (nSPS) is 11.4. The molecule has 0 atom stereocenters. The van der Waals surface area contributed by atoms with Crippen LogP contribution in [0.3, 0.4) is 0 Å². The highest BCUT2D eigenvalue weighted by molar-refractivity contribution is 7.93. The van der Waals surface area contributed by atoms with Crippen LogP contribution in [0.15, 0.2) is 60.1 Å². The largest absolute Gasteiger partial charge is 0.496 e. The number of aromatic nitrogens is 1. The maximum Gasteiger partial charge on any atom is 0.187 e. The number of hydrogen-bond acceptors (Lipinski definition) is 11. The molecule has 0 fully saturated rings. The second-order valence-corrected chi connectivity index (χ2v) is 10.2. The van der Waals surface area contributed by atoms with Crippen molar-refractivity contribution in [1.82, 2.24) is 4.98 Å². The molecule has 1 heterocycles. The van der Waals surface area contributed by atoms with E-state index in [1.807, 2.05) is 0 Å². The van der Waals surface area contributed by atoms with Gasteiger partial charge < -0.3 is 33.7 Å². The van der Waals surface area contributed by atoms with Crippen molar-refractivity contribution in [3.63, 3.8) is 0 Å². The molecule has 0 unspecified atom stereocenters. The summed E-state index contributed by atoms with van der Waals surface area (Å²) in [7, 11) is 5.11. The van der Waals surface area contributed by atoms with Crippen LogP contribution >= 0.6 is 0 Å². The van der Waals surface area contributed by atoms with Crippen LogP contribution in [-0.2, 0) is 15.6 Å². The minimum Gasteiger partial charge on any atom is -0.496 e. The lowest BCUT2D eigenvalue weighted by Gasteiger charge is -2.12. The van der Waals surface area contributed by atoms with E-state index in [1.54, 1.807) is 42.5 Å². The Balaban J connectivity index is 1.78. The Bertz CT molecular complexity index is 1520. The molecule has 12 heteroatoms. The number of methoxy groups -OCH3 is 6. The lowest BCUT2D eigenvalue weighted by atomic mass is 10.1. The second kappa shape index (κ2) is 14.1. The van der Waals surface area contributed by atoms with Crippen molar-refractivity contribution >= 4 is 27.5 Å². The maximum atomic E-state index is 13.0. The molecule has 0 saturated heterocycles. The number of anilines is 1. The molecule has 0 aliphatic heterocycles. The number of sulfone groups is 1. The number of ketones is 1. The highest BCUT2D eigenvalue weighted by Gasteiger charge is 2.16. The molecule has 3 aromatic rings. The van der Waals surface area contributed by atoms with Gasteiger partial charge in [-0.15, -0.1) is 0 Å². The van der Waals surface area contributed by atoms with Gasteiger partial charge in [0.2, 0.25) is 0 Å². The molecular formula is C29H32N2O9S. The van der Waals surface area contributed by atoms with Gasteiger partial charge in [0.1, 0.15) is 17.2 Å². The minimum atomic E-state index is -3.77. The van der Waals surface area contributed by atoms with Crippen molar-refractivity contribution in [2.45, 2.75) is 5.75 Å². The Labute approximate surface area is 239 Å². The average Bonchev–Trinajstić information content (AvgIpc) is 2.98. The van der Waals surface area contributed by atoms with Crippen LogP contribution in [0.4, 0.5) is 5.82 Å². The van der Waals surface area contributed by atoms with Crippen molar-refractivity contribution in [2.24, 2.45) is 0 Å². The zero-order valence-electron chi connectivity index (χ0n) is 23.6. The van der Waals surface area contributed by atoms with E-state index in [0.717, 1.165) is 5.41 Å². The van der Waals surface area contributed by atoms with E-state index in [1.165, 1.54) is 61.0 Å². The first-order valence-corrected chi connectivity index (χ1v) is 13.8. The molecular weight excluding hydrogens is 552 g/mol. The van der Waals surface area contributed by atoms with Gasteiger partial charge in [-0.2, -0.15) is 0 Å². The van der Waals surface area contributed by atoms with E-state index in [2.05, 4.69) is 10.3 Å². The molecule has 2 aromatic carbocycles. The van der Waals surface area contributed by atoms with Gasteiger partial charge in [-0.05, 0) is 36.4 Å². The first kappa shape index (κ1) is 30.8. The van der Waals surface area contributed by atoms with Crippen molar-refractivity contribution < 1.29 is 41.6 Å². The number of rotatable bonds is 14. The summed E-state index contributed by atoms with van der Waals surface area (Å²) in [5, 5.41) is 3.96. The molecule has 0 amide bonds. The quantitative estimate of drug-likeness (QED) is 0.212. The molecule has 0 aliphatic rings. The molecule has 218 valence electrons. The Kier molecular flexibility index (Phi) is 10.6. The number of nitrogens with zero attached hydrogens (tertiary/aromatic N) is 1. The Morgan fingerprint density at radius 3 is 1.98 bits per heavy atom. The van der Waals surface area contributed by atoms with E-state index in [-0.39, 0.29) is 17.3 Å². The van der Waals surface area contributed by atoms with E-state index < -0.39 is 15.6 Å². The van der Waals surface area contributed by atoms with Crippen LogP contribution in [0.25, 0.3) is 6.08 Å². The first-order chi connectivity index (χ1) is 19.7. The number of carbonyl (C=O) groups excluding carboxylic acids is 1. The SMILES string of the molecule is COc1cc(OC)c(C=CS(=O)(=O)Cc2ccc(OC)c(NC=CC(=O)c3ccc(OC)c(OC)c3)n2)c(OC)c1. The lowest BCUT2D eigenvalue weighted by molar-refractivity contribution is 0.104. The van der Waals surface area contributed by atoms with Gasteiger partial charge in [0.15, 0.2) is 38.7 Å². The Morgan fingerprint density at radius 1 is 0.780 bits per heavy atom. The van der Waals surface area contributed by atoms with Gasteiger partial charge in [-0.1, -0.05) is 0 Å². The summed E-state index contributed by atoms with van der Waals surface area (Å²) in [6.45, 7) is 0. The van der Waals surface area contributed by atoms with E-state index in [9.17, 15) is 13.2 Å². The van der Waals surface area contributed by atoms with Crippen molar-refractivity contribution in [3.8, 4) is 34.5 Å². The zero-order valence-corrected chi connectivity index (χ0v) is 24.4. The van der Waals surface area contributed by atoms with Crippen LogP contribution in [0.2, 0.25) is 0 Å². The van der Waals surface area contributed by atoms with E-state index in [4.69, 9.17) is 28.4 Å². The lowest BCUT2D eigenvalue weighted by Crippen LogP contribution is -2.05. The molecule has 0 spiro atoms. The van der Waals surface area contributed by atoms with E-state index in [0.29, 0.717) is 45.6 Å². The molecule has 3 rings (SSSR count). The predicted molar refractivity (Wildman–Crippen MR) is 155 cm³/mol. The number of hydrogen-bond donors (Lipinski definition) is 1. The van der Waals surface area contributed by atoms with Gasteiger partial charge in [-0.25, -0.2) is 13.4 Å². The fourth-order valence-corrected chi connectivity index (χ4v) is 4.75. The summed E-state index contributed by atoms with van der Waals surface area (Å²) < 4.78 is 57.7. The topological polar surface area (TPSA) is 132 Å². The van der Waals surface area contributed by atoms with Gasteiger partial charge in [-0.3, -0.25) is 4.79 Å². The van der Waals surface area contributed by atoms with Gasteiger partial charge in [0, 0.05) is 35.4 Å². The number of nitrogens with one attached hydrogen (secondary N) is 1. The molecule has 1 aromatic heterocycles. The third-order valence-electron chi connectivity index (χ3n) is 5.80. The van der Waals surface area contributed by atoms with E-state index >= 15 is 0 Å². The third kappa shape index (κ3) is 7.92. The van der Waals surface area contributed by atoms with Crippen molar-refractivity contribution in [1.29, 1.82) is 0 Å². The number of carbonyl (C=O) groups is 1. The molecule has 0 saturated carbocycles. The number of pyridine rings is 1. The molecule has 41 heavy (non-hydrogen) atoms. The van der Waals surface area contributed by atoms with Crippen molar-refractivity contribution in [2.75, 3.05) is 48.0 Å². The Morgan fingerprint density at radius 2 is 1.39 bits per heavy atom. The van der Waals surface area contributed by atoms with Gasteiger partial charge >= 0.3 is 0 Å². The number of ether oxygens (including phenoxy) is 6. The molecule has 0 bridgehead atoms. The summed E-state index contributed by atoms with van der Waals surface area (Å²) in [6, 6.07) is 11.2. The van der Waals surface area contributed by atoms with Crippen molar-refractivity contribution in [3.05, 3.63) is 77.0 Å². The summed E-state index contributed by atoms with van der Waals surface area (Å²) in [4.78, 5) is 17.0. The average molecular weight is 585 g/mol. The van der Waals surface area contributed by atoms with Crippen LogP contribution in [0, 0.1) is 0 Å². The highest BCUT2D eigenvalue weighted by Crippen LogP contribution is 2.35. The highest BCUT2D eigenvalue weighted by atomic mass is 32.2. The van der Waals surface area contributed by atoms with Crippen LogP contribution in [0.5, 0.6) is 34.5 Å². The third-order valence-corrected chi connectivity index (χ3v) is 7.05. The van der Waals surface area contributed by atoms with Crippen LogP contribution in [0.1, 0.15) is 21.6 Å². The second-order valence-electron chi connectivity index (χ2n) is 8.32. The monoisotopic (exact) mass is 584 g/mol. The standard InChI is InChI=1S/C29H32N2O9S/c1-35-21-16-26(38-4)22(27(17-21)39-5)12-14-41(33,34)18-20-8-10-25(37-3)29(31-20)30-13-11-23(32)19-7-9-24(36-2)28(15-19)40-6/h7-17H,18H2,1-6H3,(H,30,31). The number of benzene rings is 2. The molecule has 1 N–H and O–H groups in total. The summed E-state index contributed by atoms with van der Waals surface area (Å²) in [5.74, 6) is 2.10. The maximum absolute atomic E-state index is 13.0. The fourth-order valence-electron chi connectivity index (χ4n) is 3.74. The fraction of sp³-hybridized carbons (Fsp3) is 0.241. The summed E-state index contributed by atoms with van der Waals surface area (Å²) in [6.07, 6.45) is 4.10. The van der Waals surface area contributed by atoms with Gasteiger partial charge in [0.25, 0.3) is 0 Å². The number of allylic oxidation sites excluding steroid dienone is 1. The van der Waals surface area contributed by atoms with Crippen LogP contribution < -0.4 is 33.7 Å². The predicted octanol–water partition coefficient (Wildman–Crippen LogP) is 4.53. The summed E-state index contributed by atoms with van der Waals surface area (Å²) in [5.41, 5.74) is 1.08. The minimum absolute atomic E-state index is 0.235.